The Kier molecular flexibility index (Phi) is 5.13. The summed E-state index contributed by atoms with van der Waals surface area (Å²) < 4.78 is 23.0. The van der Waals surface area contributed by atoms with Gasteiger partial charge in [-0.25, -0.2) is 8.42 Å². The summed E-state index contributed by atoms with van der Waals surface area (Å²) in [4.78, 5) is 0.337. The number of fused-ring (bicyclic) bond motifs is 1. The normalized spacial score (nSPS) is 14.8. The van der Waals surface area contributed by atoms with Crippen LogP contribution in [0, 0.1) is 0 Å². The van der Waals surface area contributed by atoms with E-state index >= 15 is 0 Å². The van der Waals surface area contributed by atoms with E-state index in [1.54, 1.807) is 12.1 Å². The van der Waals surface area contributed by atoms with E-state index in [0.717, 1.165) is 42.2 Å². The van der Waals surface area contributed by atoms with Crippen LogP contribution in [0.3, 0.4) is 0 Å². The van der Waals surface area contributed by atoms with Crippen molar-refractivity contribution in [3.05, 3.63) is 58.1 Å². The Hall–Kier alpha value is -1.56. The highest BCUT2D eigenvalue weighted by molar-refractivity contribution is 7.90. The Labute approximate surface area is 148 Å². The first-order chi connectivity index (χ1) is 11.4. The third-order valence-corrected chi connectivity index (χ3v) is 5.75. The molecule has 4 nitrogen and oxygen atoms in total. The van der Waals surface area contributed by atoms with Crippen molar-refractivity contribution < 1.29 is 8.42 Å². The van der Waals surface area contributed by atoms with Crippen molar-refractivity contribution in [2.45, 2.75) is 24.3 Å². The molecule has 0 radical (unpaired) electrons. The summed E-state index contributed by atoms with van der Waals surface area (Å²) in [5.41, 5.74) is 4.62. The topological polar surface area (TPSA) is 58.2 Å². The molecule has 0 atom stereocenters. The molecule has 0 aliphatic carbocycles. The lowest BCUT2D eigenvalue weighted by atomic mass is 10.0. The second kappa shape index (κ2) is 7.13. The molecule has 6 heteroatoms. The van der Waals surface area contributed by atoms with Crippen LogP contribution in [-0.2, 0) is 29.2 Å². The number of benzene rings is 2. The quantitative estimate of drug-likeness (QED) is 0.875. The zero-order chi connectivity index (χ0) is 17.2. The van der Waals surface area contributed by atoms with E-state index in [1.807, 2.05) is 18.2 Å². The lowest BCUT2D eigenvalue weighted by Gasteiger charge is -2.16. The third-order valence-electron chi connectivity index (χ3n) is 4.30. The van der Waals surface area contributed by atoms with Crippen LogP contribution in [0.4, 0.5) is 5.69 Å². The van der Waals surface area contributed by atoms with Gasteiger partial charge in [-0.05, 0) is 60.8 Å². The highest BCUT2D eigenvalue weighted by Crippen LogP contribution is 2.31. The Bertz CT molecular complexity index is 833. The van der Waals surface area contributed by atoms with Crippen molar-refractivity contribution in [3.8, 4) is 0 Å². The largest absolute Gasteiger partial charge is 0.380 e. The van der Waals surface area contributed by atoms with Crippen molar-refractivity contribution in [1.82, 2.24) is 5.32 Å². The molecule has 128 valence electrons. The first-order valence-corrected chi connectivity index (χ1v) is 10.3. The zero-order valence-corrected chi connectivity index (χ0v) is 15.2. The van der Waals surface area contributed by atoms with Gasteiger partial charge < -0.3 is 10.6 Å². The highest BCUT2D eigenvalue weighted by atomic mass is 35.5. The molecule has 1 heterocycles. The summed E-state index contributed by atoms with van der Waals surface area (Å²) in [5.74, 6) is 0. The molecule has 2 aromatic rings. The maximum atomic E-state index is 11.5. The molecule has 0 unspecified atom stereocenters. The van der Waals surface area contributed by atoms with Gasteiger partial charge >= 0.3 is 0 Å². The SMILES string of the molecule is CS(=O)(=O)c1ccc(CNc2c(Cl)ccc3c2CCNCC3)cc1. The van der Waals surface area contributed by atoms with Crippen LogP contribution in [0.1, 0.15) is 16.7 Å². The molecular weight excluding hydrogens is 344 g/mol. The average molecular weight is 365 g/mol. The average Bonchev–Trinajstić information content (AvgIpc) is 2.79. The lowest BCUT2D eigenvalue weighted by molar-refractivity contribution is 0.602. The van der Waals surface area contributed by atoms with E-state index in [1.165, 1.54) is 17.4 Å². The van der Waals surface area contributed by atoms with Crippen molar-refractivity contribution >= 4 is 27.1 Å². The van der Waals surface area contributed by atoms with Crippen LogP contribution in [0.25, 0.3) is 0 Å². The van der Waals surface area contributed by atoms with Crippen LogP contribution >= 0.6 is 11.6 Å². The van der Waals surface area contributed by atoms with Gasteiger partial charge in [-0.15, -0.1) is 0 Å². The minimum absolute atomic E-state index is 0.337. The van der Waals surface area contributed by atoms with Gasteiger partial charge in [0, 0.05) is 12.8 Å². The molecule has 2 N–H and O–H groups in total. The fourth-order valence-electron chi connectivity index (χ4n) is 2.98. The molecule has 3 rings (SSSR count). The van der Waals surface area contributed by atoms with Crippen molar-refractivity contribution in [2.24, 2.45) is 0 Å². The molecule has 0 amide bonds. The summed E-state index contributed by atoms with van der Waals surface area (Å²) >= 11 is 6.40. The predicted octanol–water partition coefficient (Wildman–Crippen LogP) is 3.04. The molecule has 0 spiro atoms. The Morgan fingerprint density at radius 2 is 1.79 bits per heavy atom. The van der Waals surface area contributed by atoms with Gasteiger partial charge in [0.25, 0.3) is 0 Å². The van der Waals surface area contributed by atoms with Gasteiger partial charge in [0.05, 0.1) is 15.6 Å². The van der Waals surface area contributed by atoms with E-state index in [-0.39, 0.29) is 0 Å². The van der Waals surface area contributed by atoms with E-state index in [4.69, 9.17) is 11.6 Å². The zero-order valence-electron chi connectivity index (χ0n) is 13.6. The first-order valence-electron chi connectivity index (χ1n) is 7.99. The van der Waals surface area contributed by atoms with Gasteiger partial charge in [-0.2, -0.15) is 0 Å². The van der Waals surface area contributed by atoms with Crippen molar-refractivity contribution in [1.29, 1.82) is 0 Å². The van der Waals surface area contributed by atoms with E-state index < -0.39 is 9.84 Å². The van der Waals surface area contributed by atoms with Gasteiger partial charge in [-0.3, -0.25) is 0 Å². The summed E-state index contributed by atoms with van der Waals surface area (Å²) in [6.07, 6.45) is 3.17. The van der Waals surface area contributed by atoms with E-state index in [0.29, 0.717) is 11.4 Å². The standard InChI is InChI=1S/C18H21ClN2O2S/c1-24(22,23)15-5-2-13(3-6-15)12-21-18-16-9-11-20-10-8-14(16)4-7-17(18)19/h2-7,20-21H,8-12H2,1H3. The van der Waals surface area contributed by atoms with Crippen molar-refractivity contribution in [3.63, 3.8) is 0 Å². The van der Waals surface area contributed by atoms with Crippen LogP contribution < -0.4 is 10.6 Å². The summed E-state index contributed by atoms with van der Waals surface area (Å²) in [6.45, 7) is 2.54. The first kappa shape index (κ1) is 17.3. The molecular formula is C18H21ClN2O2S. The smallest absolute Gasteiger partial charge is 0.175 e. The second-order valence-electron chi connectivity index (χ2n) is 6.08. The molecule has 0 saturated heterocycles. The van der Waals surface area contributed by atoms with E-state index in [2.05, 4.69) is 16.7 Å². The molecule has 24 heavy (non-hydrogen) atoms. The minimum Gasteiger partial charge on any atom is -0.380 e. The van der Waals surface area contributed by atoms with Crippen LogP contribution in [0.5, 0.6) is 0 Å². The van der Waals surface area contributed by atoms with Gasteiger partial charge in [-0.1, -0.05) is 29.8 Å². The lowest BCUT2D eigenvalue weighted by Crippen LogP contribution is -2.16. The molecule has 0 bridgehead atoms. The minimum atomic E-state index is -3.16. The molecule has 1 aliphatic heterocycles. The van der Waals surface area contributed by atoms with Crippen LogP contribution in [-0.4, -0.2) is 27.8 Å². The Morgan fingerprint density at radius 3 is 2.50 bits per heavy atom. The summed E-state index contributed by atoms with van der Waals surface area (Å²) in [7, 11) is -3.16. The number of sulfone groups is 1. The fourth-order valence-corrected chi connectivity index (χ4v) is 3.85. The number of rotatable bonds is 4. The van der Waals surface area contributed by atoms with Crippen LogP contribution in [0.15, 0.2) is 41.3 Å². The Morgan fingerprint density at radius 1 is 1.08 bits per heavy atom. The molecule has 1 aliphatic rings. The number of hydrogen-bond donors (Lipinski definition) is 2. The van der Waals surface area contributed by atoms with Gasteiger partial charge in [0.2, 0.25) is 0 Å². The predicted molar refractivity (Wildman–Crippen MR) is 98.6 cm³/mol. The molecule has 0 aromatic heterocycles. The fraction of sp³-hybridized carbons (Fsp3) is 0.333. The number of anilines is 1. The maximum Gasteiger partial charge on any atom is 0.175 e. The summed E-state index contributed by atoms with van der Waals surface area (Å²) in [5, 5.41) is 7.57. The molecule has 2 aromatic carbocycles. The van der Waals surface area contributed by atoms with E-state index in [9.17, 15) is 8.42 Å². The number of hydrogen-bond acceptors (Lipinski definition) is 4. The van der Waals surface area contributed by atoms with Gasteiger partial charge in [0.1, 0.15) is 0 Å². The van der Waals surface area contributed by atoms with Crippen molar-refractivity contribution in [2.75, 3.05) is 24.7 Å². The Balaban J connectivity index is 1.79. The number of nitrogens with one attached hydrogen (secondary N) is 2. The highest BCUT2D eigenvalue weighted by Gasteiger charge is 2.14. The maximum absolute atomic E-state index is 11.5. The third kappa shape index (κ3) is 3.91. The number of halogens is 1. The monoisotopic (exact) mass is 364 g/mol. The second-order valence-corrected chi connectivity index (χ2v) is 8.50. The molecule has 0 fully saturated rings. The van der Waals surface area contributed by atoms with Crippen LogP contribution in [0.2, 0.25) is 5.02 Å². The molecule has 0 saturated carbocycles. The van der Waals surface area contributed by atoms with Gasteiger partial charge in [0.15, 0.2) is 9.84 Å². The summed E-state index contributed by atoms with van der Waals surface area (Å²) in [6, 6.07) is 11.0.